The van der Waals surface area contributed by atoms with E-state index < -0.39 is 10.0 Å². The van der Waals surface area contributed by atoms with Gasteiger partial charge in [-0.1, -0.05) is 11.6 Å². The van der Waals surface area contributed by atoms with Crippen LogP contribution in [-0.2, 0) is 10.0 Å². The van der Waals surface area contributed by atoms with Crippen LogP contribution in [0.5, 0.6) is 0 Å². The molecule has 0 unspecified atom stereocenters. The Morgan fingerprint density at radius 1 is 1.04 bits per heavy atom. The third-order valence-corrected chi connectivity index (χ3v) is 6.87. The first-order valence-electron chi connectivity index (χ1n) is 8.43. The fraction of sp³-hybridized carbons (Fsp3) is 0.316. The lowest BCUT2D eigenvalue weighted by Crippen LogP contribution is -2.35. The van der Waals surface area contributed by atoms with Crippen LogP contribution in [0.1, 0.15) is 17.5 Å². The van der Waals surface area contributed by atoms with E-state index in [2.05, 4.69) is 11.0 Å². The SMILES string of the molecule is Cc1cc(Cl)ccc1S(=O)(=O)N1CCCN(c2ccc(C#N)cc2)CC1. The topological polar surface area (TPSA) is 64.4 Å². The van der Waals surface area contributed by atoms with Crippen molar-refractivity contribution in [3.05, 3.63) is 58.6 Å². The average molecular weight is 390 g/mol. The monoisotopic (exact) mass is 389 g/mol. The summed E-state index contributed by atoms with van der Waals surface area (Å²) < 4.78 is 27.6. The summed E-state index contributed by atoms with van der Waals surface area (Å²) in [6, 6.07) is 14.4. The second-order valence-electron chi connectivity index (χ2n) is 6.31. The second-order valence-corrected chi connectivity index (χ2v) is 8.66. The predicted molar refractivity (Wildman–Crippen MR) is 103 cm³/mol. The summed E-state index contributed by atoms with van der Waals surface area (Å²) in [5, 5.41) is 9.44. The lowest BCUT2D eigenvalue weighted by atomic mass is 10.2. The van der Waals surface area contributed by atoms with Crippen LogP contribution in [0.25, 0.3) is 0 Å². The minimum atomic E-state index is -3.54. The van der Waals surface area contributed by atoms with Gasteiger partial charge in [0.05, 0.1) is 16.5 Å². The fourth-order valence-corrected chi connectivity index (χ4v) is 5.08. The summed E-state index contributed by atoms with van der Waals surface area (Å²) in [7, 11) is -3.54. The summed E-state index contributed by atoms with van der Waals surface area (Å²) in [4.78, 5) is 2.47. The lowest BCUT2D eigenvalue weighted by molar-refractivity contribution is 0.433. The van der Waals surface area contributed by atoms with Gasteiger partial charge in [-0.15, -0.1) is 0 Å². The number of nitriles is 1. The molecule has 0 radical (unpaired) electrons. The Labute approximate surface area is 159 Å². The molecule has 3 rings (SSSR count). The molecule has 2 aromatic carbocycles. The maximum atomic E-state index is 13.0. The molecule has 0 amide bonds. The molecule has 136 valence electrons. The van der Waals surface area contributed by atoms with Crippen molar-refractivity contribution >= 4 is 27.3 Å². The molecule has 0 aliphatic carbocycles. The number of hydrogen-bond acceptors (Lipinski definition) is 4. The molecular weight excluding hydrogens is 370 g/mol. The first kappa shape index (κ1) is 18.7. The lowest BCUT2D eigenvalue weighted by Gasteiger charge is -2.24. The van der Waals surface area contributed by atoms with Gasteiger partial charge in [0.25, 0.3) is 0 Å². The van der Waals surface area contributed by atoms with E-state index in [0.29, 0.717) is 40.7 Å². The molecule has 1 aliphatic heterocycles. The molecule has 0 saturated carbocycles. The second kappa shape index (κ2) is 7.67. The average Bonchev–Trinajstić information content (AvgIpc) is 2.88. The first-order chi connectivity index (χ1) is 12.4. The number of benzene rings is 2. The molecule has 0 atom stereocenters. The number of hydrogen-bond donors (Lipinski definition) is 0. The highest BCUT2D eigenvalue weighted by Crippen LogP contribution is 2.25. The zero-order valence-corrected chi connectivity index (χ0v) is 16.1. The molecule has 5 nitrogen and oxygen atoms in total. The maximum absolute atomic E-state index is 13.0. The Kier molecular flexibility index (Phi) is 5.52. The van der Waals surface area contributed by atoms with E-state index >= 15 is 0 Å². The van der Waals surface area contributed by atoms with Crippen LogP contribution >= 0.6 is 11.6 Å². The van der Waals surface area contributed by atoms with Gasteiger partial charge >= 0.3 is 0 Å². The van der Waals surface area contributed by atoms with E-state index in [1.54, 1.807) is 41.6 Å². The van der Waals surface area contributed by atoms with E-state index in [9.17, 15) is 8.42 Å². The van der Waals surface area contributed by atoms with Crippen LogP contribution < -0.4 is 4.90 Å². The van der Waals surface area contributed by atoms with Crippen LogP contribution in [0.4, 0.5) is 5.69 Å². The van der Waals surface area contributed by atoms with E-state index in [1.807, 2.05) is 12.1 Å². The predicted octanol–water partition coefficient (Wildman–Crippen LogP) is 3.42. The number of sulfonamides is 1. The van der Waals surface area contributed by atoms with Crippen LogP contribution in [0.15, 0.2) is 47.4 Å². The van der Waals surface area contributed by atoms with Crippen molar-refractivity contribution in [3.8, 4) is 6.07 Å². The smallest absolute Gasteiger partial charge is 0.243 e. The van der Waals surface area contributed by atoms with Crippen molar-refractivity contribution in [1.82, 2.24) is 4.31 Å². The van der Waals surface area contributed by atoms with Gasteiger partial charge in [0, 0.05) is 36.9 Å². The van der Waals surface area contributed by atoms with E-state index in [4.69, 9.17) is 16.9 Å². The Balaban J connectivity index is 1.78. The minimum absolute atomic E-state index is 0.314. The Morgan fingerprint density at radius 3 is 2.42 bits per heavy atom. The van der Waals surface area contributed by atoms with Gasteiger partial charge < -0.3 is 4.90 Å². The van der Waals surface area contributed by atoms with E-state index in [-0.39, 0.29) is 0 Å². The van der Waals surface area contributed by atoms with Crippen LogP contribution in [-0.4, -0.2) is 38.9 Å². The summed E-state index contributed by atoms with van der Waals surface area (Å²) in [6.07, 6.45) is 0.742. The molecule has 1 saturated heterocycles. The van der Waals surface area contributed by atoms with Crippen LogP contribution in [0, 0.1) is 18.3 Å². The molecule has 0 bridgehead atoms. The van der Waals surface area contributed by atoms with Crippen molar-refractivity contribution in [2.75, 3.05) is 31.1 Å². The number of anilines is 1. The maximum Gasteiger partial charge on any atom is 0.243 e. The zero-order chi connectivity index (χ0) is 18.7. The zero-order valence-electron chi connectivity index (χ0n) is 14.5. The van der Waals surface area contributed by atoms with Gasteiger partial charge in [-0.05, 0) is 61.4 Å². The highest BCUT2D eigenvalue weighted by atomic mass is 35.5. The molecule has 0 spiro atoms. The number of halogens is 1. The van der Waals surface area contributed by atoms with Gasteiger partial charge in [0.2, 0.25) is 10.0 Å². The Hall–Kier alpha value is -2.07. The highest BCUT2D eigenvalue weighted by Gasteiger charge is 2.28. The Morgan fingerprint density at radius 2 is 1.77 bits per heavy atom. The van der Waals surface area contributed by atoms with Gasteiger partial charge in [-0.2, -0.15) is 9.57 Å². The molecule has 26 heavy (non-hydrogen) atoms. The summed E-state index contributed by atoms with van der Waals surface area (Å²) >= 11 is 5.95. The molecule has 1 fully saturated rings. The van der Waals surface area contributed by atoms with Gasteiger partial charge in [-0.3, -0.25) is 0 Å². The van der Waals surface area contributed by atoms with Crippen molar-refractivity contribution < 1.29 is 8.42 Å². The quantitative estimate of drug-likeness (QED) is 0.806. The number of aryl methyl sites for hydroxylation is 1. The van der Waals surface area contributed by atoms with Crippen molar-refractivity contribution in [3.63, 3.8) is 0 Å². The first-order valence-corrected chi connectivity index (χ1v) is 10.2. The molecule has 0 N–H and O–H groups in total. The standard InChI is InChI=1S/C19H20ClN3O2S/c1-15-13-17(20)5-8-19(15)26(24,25)23-10-2-9-22(11-12-23)18-6-3-16(14-21)4-7-18/h3-8,13H,2,9-12H2,1H3. The molecular formula is C19H20ClN3O2S. The van der Waals surface area contributed by atoms with Crippen molar-refractivity contribution in [1.29, 1.82) is 5.26 Å². The summed E-state index contributed by atoms with van der Waals surface area (Å²) in [5.74, 6) is 0. The Bertz CT molecular complexity index is 936. The minimum Gasteiger partial charge on any atom is -0.370 e. The molecule has 7 heteroatoms. The molecule has 0 aromatic heterocycles. The summed E-state index contributed by atoms with van der Waals surface area (Å²) in [6.45, 7) is 4.05. The van der Waals surface area contributed by atoms with Crippen LogP contribution in [0.3, 0.4) is 0 Å². The van der Waals surface area contributed by atoms with Gasteiger partial charge in [0.1, 0.15) is 0 Å². The molecule has 1 heterocycles. The highest BCUT2D eigenvalue weighted by molar-refractivity contribution is 7.89. The fourth-order valence-electron chi connectivity index (χ4n) is 3.18. The van der Waals surface area contributed by atoms with Gasteiger partial charge in [0.15, 0.2) is 0 Å². The number of rotatable bonds is 3. The summed E-state index contributed by atoms with van der Waals surface area (Å²) in [5.41, 5.74) is 2.28. The van der Waals surface area contributed by atoms with Crippen molar-refractivity contribution in [2.45, 2.75) is 18.2 Å². The van der Waals surface area contributed by atoms with Crippen LogP contribution in [0.2, 0.25) is 5.02 Å². The third kappa shape index (κ3) is 3.85. The van der Waals surface area contributed by atoms with E-state index in [1.165, 1.54) is 0 Å². The number of nitrogens with zero attached hydrogens (tertiary/aromatic N) is 3. The van der Waals surface area contributed by atoms with Gasteiger partial charge in [-0.25, -0.2) is 8.42 Å². The molecule has 2 aromatic rings. The largest absolute Gasteiger partial charge is 0.370 e. The normalized spacial score (nSPS) is 16.1. The van der Waals surface area contributed by atoms with Crippen molar-refractivity contribution in [2.24, 2.45) is 0 Å². The third-order valence-electron chi connectivity index (χ3n) is 4.57. The molecule has 1 aliphatic rings. The van der Waals surface area contributed by atoms with E-state index in [0.717, 1.165) is 18.7 Å².